The normalized spacial score (nSPS) is 13.6. The van der Waals surface area contributed by atoms with Gasteiger partial charge in [0, 0.05) is 17.7 Å². The third-order valence-corrected chi connectivity index (χ3v) is 3.72. The monoisotopic (exact) mass is 353 g/mol. The lowest BCUT2D eigenvalue weighted by Gasteiger charge is -2.24. The van der Waals surface area contributed by atoms with Crippen molar-refractivity contribution in [2.45, 2.75) is 19.1 Å². The van der Waals surface area contributed by atoms with Gasteiger partial charge in [-0.3, -0.25) is 0 Å². The molecule has 0 aliphatic rings. The summed E-state index contributed by atoms with van der Waals surface area (Å²) in [6.45, 7) is 1.84. The van der Waals surface area contributed by atoms with Gasteiger partial charge in [-0.25, -0.2) is 4.39 Å². The molecule has 0 radical (unpaired) electrons. The molecule has 0 aromatic heterocycles. The number of rotatable bonds is 5. The lowest BCUT2D eigenvalue weighted by Crippen LogP contribution is -2.29. The molecule has 2 atom stereocenters. The highest BCUT2D eigenvalue weighted by molar-refractivity contribution is 9.10. The summed E-state index contributed by atoms with van der Waals surface area (Å²) in [5.41, 5.74) is 6.86. The van der Waals surface area contributed by atoms with Gasteiger partial charge < -0.3 is 15.2 Å². The van der Waals surface area contributed by atoms with Crippen molar-refractivity contribution < 1.29 is 13.9 Å². The molecule has 0 aliphatic heterocycles. The van der Waals surface area contributed by atoms with Crippen LogP contribution in [-0.2, 0) is 0 Å². The zero-order chi connectivity index (χ0) is 15.4. The Morgan fingerprint density at radius 3 is 2.52 bits per heavy atom. The van der Waals surface area contributed by atoms with Crippen LogP contribution in [0.3, 0.4) is 0 Å². The van der Waals surface area contributed by atoms with Gasteiger partial charge in [-0.15, -0.1) is 0 Å². The quantitative estimate of drug-likeness (QED) is 0.881. The molecule has 5 heteroatoms. The number of hydrogen-bond acceptors (Lipinski definition) is 3. The Hall–Kier alpha value is -1.59. The van der Waals surface area contributed by atoms with E-state index in [1.54, 1.807) is 19.2 Å². The number of benzene rings is 2. The molecule has 2 aromatic carbocycles. The highest BCUT2D eigenvalue weighted by Crippen LogP contribution is 2.32. The van der Waals surface area contributed by atoms with Crippen LogP contribution in [0.4, 0.5) is 4.39 Å². The molecule has 2 aromatic rings. The molecule has 0 fully saturated rings. The van der Waals surface area contributed by atoms with E-state index < -0.39 is 6.10 Å². The molecule has 2 rings (SSSR count). The van der Waals surface area contributed by atoms with E-state index in [9.17, 15) is 4.39 Å². The highest BCUT2D eigenvalue weighted by Gasteiger charge is 2.22. The zero-order valence-corrected chi connectivity index (χ0v) is 13.4. The van der Waals surface area contributed by atoms with E-state index in [2.05, 4.69) is 15.9 Å². The van der Waals surface area contributed by atoms with E-state index in [1.165, 1.54) is 6.07 Å². The molecule has 0 heterocycles. The van der Waals surface area contributed by atoms with Gasteiger partial charge in [0.1, 0.15) is 23.4 Å². The van der Waals surface area contributed by atoms with Crippen LogP contribution in [0.1, 0.15) is 18.6 Å². The van der Waals surface area contributed by atoms with E-state index in [0.29, 0.717) is 16.0 Å². The fourth-order valence-electron chi connectivity index (χ4n) is 2.05. The van der Waals surface area contributed by atoms with Crippen LogP contribution in [0.2, 0.25) is 0 Å². The molecule has 2 N–H and O–H groups in total. The number of para-hydroxylation sites is 1. The Bertz CT molecular complexity index is 619. The van der Waals surface area contributed by atoms with E-state index in [1.807, 2.05) is 31.2 Å². The molecule has 0 bridgehead atoms. The van der Waals surface area contributed by atoms with Gasteiger partial charge in [0.2, 0.25) is 0 Å². The SMILES string of the molecule is COc1ccccc1C(Oc1ccc(Br)c(F)c1)C(C)N. The first kappa shape index (κ1) is 15.8. The highest BCUT2D eigenvalue weighted by atomic mass is 79.9. The topological polar surface area (TPSA) is 44.5 Å². The molecular formula is C16H17BrFNO2. The first-order valence-corrected chi connectivity index (χ1v) is 7.32. The van der Waals surface area contributed by atoms with Gasteiger partial charge in [0.15, 0.2) is 0 Å². The molecule has 112 valence electrons. The van der Waals surface area contributed by atoms with Crippen LogP contribution >= 0.6 is 15.9 Å². The summed E-state index contributed by atoms with van der Waals surface area (Å²) >= 11 is 3.12. The molecule has 3 nitrogen and oxygen atoms in total. The van der Waals surface area contributed by atoms with Crippen molar-refractivity contribution >= 4 is 15.9 Å². The number of ether oxygens (including phenoxy) is 2. The predicted molar refractivity (Wildman–Crippen MR) is 84.1 cm³/mol. The lowest BCUT2D eigenvalue weighted by molar-refractivity contribution is 0.175. The van der Waals surface area contributed by atoms with Crippen LogP contribution in [-0.4, -0.2) is 13.2 Å². The number of methoxy groups -OCH3 is 1. The van der Waals surface area contributed by atoms with E-state index in [0.717, 1.165) is 5.56 Å². The summed E-state index contributed by atoms with van der Waals surface area (Å²) in [4.78, 5) is 0. The number of nitrogens with two attached hydrogens (primary N) is 1. The molecule has 0 saturated carbocycles. The first-order valence-electron chi connectivity index (χ1n) is 6.53. The average molecular weight is 354 g/mol. The second-order valence-corrected chi connectivity index (χ2v) is 5.57. The van der Waals surface area contributed by atoms with E-state index in [4.69, 9.17) is 15.2 Å². The predicted octanol–water partition coefficient (Wildman–Crippen LogP) is 4.06. The molecule has 0 saturated heterocycles. The maximum atomic E-state index is 13.6. The van der Waals surface area contributed by atoms with Gasteiger partial charge >= 0.3 is 0 Å². The minimum atomic E-state index is -0.429. The van der Waals surface area contributed by atoms with Crippen molar-refractivity contribution in [1.82, 2.24) is 0 Å². The maximum Gasteiger partial charge on any atom is 0.142 e. The summed E-state index contributed by atoms with van der Waals surface area (Å²) in [6, 6.07) is 11.8. The van der Waals surface area contributed by atoms with Crippen LogP contribution in [0.15, 0.2) is 46.9 Å². The summed E-state index contributed by atoms with van der Waals surface area (Å²) in [5.74, 6) is 0.734. The fourth-order valence-corrected chi connectivity index (χ4v) is 2.30. The van der Waals surface area contributed by atoms with Gasteiger partial charge in [-0.2, -0.15) is 0 Å². The van der Waals surface area contributed by atoms with Crippen molar-refractivity contribution in [1.29, 1.82) is 0 Å². The van der Waals surface area contributed by atoms with Crippen LogP contribution in [0.5, 0.6) is 11.5 Å². The third-order valence-electron chi connectivity index (χ3n) is 3.08. The van der Waals surface area contributed by atoms with Crippen molar-refractivity contribution in [3.8, 4) is 11.5 Å². The number of hydrogen-bond donors (Lipinski definition) is 1. The molecular weight excluding hydrogens is 337 g/mol. The van der Waals surface area contributed by atoms with E-state index in [-0.39, 0.29) is 11.9 Å². The van der Waals surface area contributed by atoms with Crippen LogP contribution in [0.25, 0.3) is 0 Å². The van der Waals surface area contributed by atoms with Gasteiger partial charge in [-0.05, 0) is 41.1 Å². The summed E-state index contributed by atoms with van der Waals surface area (Å²) in [7, 11) is 1.59. The first-order chi connectivity index (χ1) is 10.0. The van der Waals surface area contributed by atoms with Crippen molar-refractivity contribution in [3.05, 3.63) is 58.3 Å². The van der Waals surface area contributed by atoms with Crippen LogP contribution < -0.4 is 15.2 Å². The Morgan fingerprint density at radius 1 is 1.19 bits per heavy atom. The zero-order valence-electron chi connectivity index (χ0n) is 11.8. The second kappa shape index (κ2) is 6.91. The second-order valence-electron chi connectivity index (χ2n) is 4.72. The smallest absolute Gasteiger partial charge is 0.142 e. The Morgan fingerprint density at radius 2 is 1.90 bits per heavy atom. The van der Waals surface area contributed by atoms with Crippen molar-refractivity contribution in [3.63, 3.8) is 0 Å². The van der Waals surface area contributed by atoms with E-state index >= 15 is 0 Å². The molecule has 2 unspecified atom stereocenters. The fraction of sp³-hybridized carbons (Fsp3) is 0.250. The molecule has 0 aliphatic carbocycles. The standard InChI is InChI=1S/C16H17BrFNO2/c1-10(19)16(12-5-3-4-6-15(12)20-2)21-11-7-8-13(17)14(18)9-11/h3-10,16H,19H2,1-2H3. The maximum absolute atomic E-state index is 13.6. The molecule has 21 heavy (non-hydrogen) atoms. The minimum absolute atomic E-state index is 0.284. The molecule has 0 spiro atoms. The summed E-state index contributed by atoms with van der Waals surface area (Å²) < 4.78 is 25.2. The summed E-state index contributed by atoms with van der Waals surface area (Å²) in [6.07, 6.45) is -0.429. The third kappa shape index (κ3) is 3.74. The minimum Gasteiger partial charge on any atom is -0.496 e. The average Bonchev–Trinajstić information content (AvgIpc) is 2.48. The summed E-state index contributed by atoms with van der Waals surface area (Å²) in [5, 5.41) is 0. The number of halogens is 2. The van der Waals surface area contributed by atoms with Crippen LogP contribution in [0, 0.1) is 5.82 Å². The van der Waals surface area contributed by atoms with Gasteiger partial charge in [0.25, 0.3) is 0 Å². The van der Waals surface area contributed by atoms with Crippen molar-refractivity contribution in [2.75, 3.05) is 7.11 Å². The van der Waals surface area contributed by atoms with Gasteiger partial charge in [-0.1, -0.05) is 18.2 Å². The Kier molecular flexibility index (Phi) is 5.20. The van der Waals surface area contributed by atoms with Crippen molar-refractivity contribution in [2.24, 2.45) is 5.73 Å². The largest absolute Gasteiger partial charge is 0.496 e. The molecule has 0 amide bonds. The van der Waals surface area contributed by atoms with Gasteiger partial charge in [0.05, 0.1) is 11.6 Å². The Balaban J connectivity index is 2.33. The Labute approximate surface area is 132 Å². The lowest BCUT2D eigenvalue weighted by atomic mass is 10.0.